The SMILES string of the molecule is CC1(C)Cc2cc(C=NNc3ccccc3)ccc2O1. The minimum absolute atomic E-state index is 0.0968. The summed E-state index contributed by atoms with van der Waals surface area (Å²) in [4.78, 5) is 0. The fraction of sp³-hybridized carbons (Fsp3) is 0.235. The molecule has 0 saturated carbocycles. The van der Waals surface area contributed by atoms with Crippen LogP contribution in [0.1, 0.15) is 25.0 Å². The average Bonchev–Trinajstić information content (AvgIpc) is 2.73. The van der Waals surface area contributed by atoms with E-state index in [1.807, 2.05) is 48.7 Å². The number of hydrogen-bond donors (Lipinski definition) is 1. The largest absolute Gasteiger partial charge is 0.487 e. The normalized spacial score (nSPS) is 15.9. The summed E-state index contributed by atoms with van der Waals surface area (Å²) in [6.45, 7) is 4.22. The van der Waals surface area contributed by atoms with Gasteiger partial charge in [0, 0.05) is 6.42 Å². The summed E-state index contributed by atoms with van der Waals surface area (Å²) >= 11 is 0. The number of nitrogens with one attached hydrogen (secondary N) is 1. The number of fused-ring (bicyclic) bond motifs is 1. The molecule has 0 aromatic heterocycles. The fourth-order valence-electron chi connectivity index (χ4n) is 2.40. The Balaban J connectivity index is 1.71. The zero-order chi connectivity index (χ0) is 14.0. The first-order chi connectivity index (χ1) is 9.62. The van der Waals surface area contributed by atoms with Crippen LogP contribution in [-0.4, -0.2) is 11.8 Å². The average molecular weight is 266 g/mol. The van der Waals surface area contributed by atoms with Gasteiger partial charge in [-0.05, 0) is 55.3 Å². The Bertz CT molecular complexity index is 633. The number of nitrogens with zero attached hydrogens (tertiary/aromatic N) is 1. The minimum Gasteiger partial charge on any atom is -0.487 e. The number of hydrazone groups is 1. The molecule has 3 heteroatoms. The molecule has 2 aromatic carbocycles. The maximum atomic E-state index is 5.86. The topological polar surface area (TPSA) is 33.6 Å². The van der Waals surface area contributed by atoms with Crippen LogP contribution >= 0.6 is 0 Å². The van der Waals surface area contributed by atoms with Gasteiger partial charge in [0.25, 0.3) is 0 Å². The highest BCUT2D eigenvalue weighted by Gasteiger charge is 2.29. The van der Waals surface area contributed by atoms with Crippen LogP contribution in [0.25, 0.3) is 0 Å². The maximum Gasteiger partial charge on any atom is 0.123 e. The van der Waals surface area contributed by atoms with Gasteiger partial charge in [0.2, 0.25) is 0 Å². The lowest BCUT2D eigenvalue weighted by Crippen LogP contribution is -2.24. The molecule has 0 spiro atoms. The molecule has 0 atom stereocenters. The van der Waals surface area contributed by atoms with Gasteiger partial charge in [-0.25, -0.2) is 0 Å². The molecule has 0 unspecified atom stereocenters. The first-order valence-electron chi connectivity index (χ1n) is 6.78. The van der Waals surface area contributed by atoms with Crippen LogP contribution in [0.2, 0.25) is 0 Å². The zero-order valence-electron chi connectivity index (χ0n) is 11.8. The van der Waals surface area contributed by atoms with Crippen LogP contribution in [0.4, 0.5) is 5.69 Å². The van der Waals surface area contributed by atoms with Crippen molar-refractivity contribution in [1.29, 1.82) is 0 Å². The van der Waals surface area contributed by atoms with E-state index < -0.39 is 0 Å². The summed E-state index contributed by atoms with van der Waals surface area (Å²) in [5.74, 6) is 0.989. The number of para-hydroxylation sites is 1. The molecule has 2 aromatic rings. The van der Waals surface area contributed by atoms with Crippen molar-refractivity contribution in [2.75, 3.05) is 5.43 Å². The van der Waals surface area contributed by atoms with Crippen molar-refractivity contribution in [2.24, 2.45) is 5.10 Å². The molecule has 0 saturated heterocycles. The smallest absolute Gasteiger partial charge is 0.123 e. The van der Waals surface area contributed by atoms with Crippen molar-refractivity contribution in [3.05, 3.63) is 59.7 Å². The third-order valence-corrected chi connectivity index (χ3v) is 3.27. The van der Waals surface area contributed by atoms with Crippen LogP contribution < -0.4 is 10.2 Å². The van der Waals surface area contributed by atoms with E-state index >= 15 is 0 Å². The van der Waals surface area contributed by atoms with Crippen molar-refractivity contribution in [3.8, 4) is 5.75 Å². The first kappa shape index (κ1) is 12.7. The summed E-state index contributed by atoms with van der Waals surface area (Å²) in [6.07, 6.45) is 2.77. The van der Waals surface area contributed by atoms with E-state index in [0.717, 1.165) is 23.4 Å². The Morgan fingerprint density at radius 2 is 1.95 bits per heavy atom. The Morgan fingerprint density at radius 3 is 2.75 bits per heavy atom. The molecule has 0 radical (unpaired) electrons. The minimum atomic E-state index is -0.0968. The predicted octanol–water partition coefficient (Wildman–Crippen LogP) is 3.85. The van der Waals surface area contributed by atoms with Gasteiger partial charge in [0.1, 0.15) is 11.4 Å². The molecule has 0 bridgehead atoms. The predicted molar refractivity (Wildman–Crippen MR) is 82.5 cm³/mol. The van der Waals surface area contributed by atoms with Crippen LogP contribution in [0.5, 0.6) is 5.75 Å². The van der Waals surface area contributed by atoms with Gasteiger partial charge in [-0.1, -0.05) is 18.2 Å². The second-order valence-electron chi connectivity index (χ2n) is 5.64. The lowest BCUT2D eigenvalue weighted by atomic mass is 10.0. The van der Waals surface area contributed by atoms with E-state index in [1.165, 1.54) is 5.56 Å². The third kappa shape index (κ3) is 2.82. The summed E-state index contributed by atoms with van der Waals surface area (Å²) in [5, 5.41) is 4.26. The quantitative estimate of drug-likeness (QED) is 0.676. The number of ether oxygens (including phenoxy) is 1. The van der Waals surface area contributed by atoms with Gasteiger partial charge >= 0.3 is 0 Å². The molecule has 3 nitrogen and oxygen atoms in total. The van der Waals surface area contributed by atoms with Gasteiger partial charge in [-0.2, -0.15) is 5.10 Å². The number of hydrogen-bond acceptors (Lipinski definition) is 3. The summed E-state index contributed by atoms with van der Waals surface area (Å²) in [5.41, 5.74) is 6.23. The first-order valence-corrected chi connectivity index (χ1v) is 6.78. The molecule has 1 aliphatic rings. The Hall–Kier alpha value is -2.29. The van der Waals surface area contributed by atoms with E-state index in [0.29, 0.717) is 0 Å². The standard InChI is InChI=1S/C17H18N2O/c1-17(2)11-14-10-13(8-9-16(14)20-17)12-18-19-15-6-4-3-5-7-15/h3-10,12,19H,11H2,1-2H3. The van der Waals surface area contributed by atoms with Crippen molar-refractivity contribution in [1.82, 2.24) is 0 Å². The summed E-state index contributed by atoms with van der Waals surface area (Å²) in [7, 11) is 0. The lowest BCUT2D eigenvalue weighted by Gasteiger charge is -2.16. The van der Waals surface area contributed by atoms with E-state index in [-0.39, 0.29) is 5.60 Å². The Morgan fingerprint density at radius 1 is 1.15 bits per heavy atom. The highest BCUT2D eigenvalue weighted by Crippen LogP contribution is 2.34. The second-order valence-corrected chi connectivity index (χ2v) is 5.64. The highest BCUT2D eigenvalue weighted by molar-refractivity contribution is 5.81. The molecule has 0 amide bonds. The Labute approximate surface area is 119 Å². The van der Waals surface area contributed by atoms with Crippen LogP contribution in [0, 0.1) is 0 Å². The molecule has 0 fully saturated rings. The zero-order valence-corrected chi connectivity index (χ0v) is 11.8. The van der Waals surface area contributed by atoms with Gasteiger partial charge in [-0.3, -0.25) is 5.43 Å². The van der Waals surface area contributed by atoms with E-state index in [4.69, 9.17) is 4.74 Å². The molecule has 102 valence electrons. The number of benzene rings is 2. The van der Waals surface area contributed by atoms with E-state index in [2.05, 4.69) is 30.4 Å². The summed E-state index contributed by atoms with van der Waals surface area (Å²) in [6, 6.07) is 16.1. The van der Waals surface area contributed by atoms with Crippen LogP contribution in [0.3, 0.4) is 0 Å². The van der Waals surface area contributed by atoms with E-state index in [9.17, 15) is 0 Å². The van der Waals surface area contributed by atoms with Crippen molar-refractivity contribution < 1.29 is 4.74 Å². The van der Waals surface area contributed by atoms with Crippen molar-refractivity contribution in [3.63, 3.8) is 0 Å². The van der Waals surface area contributed by atoms with Gasteiger partial charge in [-0.15, -0.1) is 0 Å². The maximum absolute atomic E-state index is 5.86. The van der Waals surface area contributed by atoms with Crippen molar-refractivity contribution >= 4 is 11.9 Å². The molecule has 1 N–H and O–H groups in total. The molecule has 20 heavy (non-hydrogen) atoms. The van der Waals surface area contributed by atoms with Crippen LogP contribution in [-0.2, 0) is 6.42 Å². The monoisotopic (exact) mass is 266 g/mol. The van der Waals surface area contributed by atoms with Gasteiger partial charge < -0.3 is 4.74 Å². The molecule has 3 rings (SSSR count). The molecular weight excluding hydrogens is 248 g/mol. The fourth-order valence-corrected chi connectivity index (χ4v) is 2.40. The third-order valence-electron chi connectivity index (χ3n) is 3.27. The molecule has 1 aliphatic heterocycles. The van der Waals surface area contributed by atoms with Gasteiger partial charge in [0.15, 0.2) is 0 Å². The Kier molecular flexibility index (Phi) is 3.18. The van der Waals surface area contributed by atoms with Crippen LogP contribution in [0.15, 0.2) is 53.6 Å². The van der Waals surface area contributed by atoms with E-state index in [1.54, 1.807) is 0 Å². The summed E-state index contributed by atoms with van der Waals surface area (Å²) < 4.78 is 5.86. The van der Waals surface area contributed by atoms with Crippen molar-refractivity contribution in [2.45, 2.75) is 25.9 Å². The second kappa shape index (κ2) is 5.00. The molecule has 1 heterocycles. The highest BCUT2D eigenvalue weighted by atomic mass is 16.5. The number of anilines is 1. The number of rotatable bonds is 3. The lowest BCUT2D eigenvalue weighted by molar-refractivity contribution is 0.138. The molecular formula is C17H18N2O. The van der Waals surface area contributed by atoms with Gasteiger partial charge in [0.05, 0.1) is 11.9 Å². The molecule has 0 aliphatic carbocycles.